The molecule has 0 aromatic carbocycles. The molecule has 0 radical (unpaired) electrons. The van der Waals surface area contributed by atoms with Gasteiger partial charge in [0.25, 0.3) is 0 Å². The first-order chi connectivity index (χ1) is 8.70. The summed E-state index contributed by atoms with van der Waals surface area (Å²) in [6, 6.07) is 0.462. The lowest BCUT2D eigenvalue weighted by Gasteiger charge is -2.34. The number of likely N-dealkylation sites (tertiary alicyclic amines) is 1. The SMILES string of the molecule is CCN(C(=O)CN1CC[C@H](O)C1)C1CCCCC1. The van der Waals surface area contributed by atoms with Gasteiger partial charge < -0.3 is 10.0 Å². The second-order valence-electron chi connectivity index (χ2n) is 5.65. The van der Waals surface area contributed by atoms with E-state index in [0.29, 0.717) is 19.1 Å². The molecule has 1 aliphatic carbocycles. The monoisotopic (exact) mass is 254 g/mol. The van der Waals surface area contributed by atoms with Gasteiger partial charge in [0.15, 0.2) is 0 Å². The fraction of sp³-hybridized carbons (Fsp3) is 0.929. The Morgan fingerprint density at radius 2 is 2.00 bits per heavy atom. The number of amides is 1. The molecule has 1 amide bonds. The van der Waals surface area contributed by atoms with Crippen LogP contribution >= 0.6 is 0 Å². The van der Waals surface area contributed by atoms with Gasteiger partial charge in [-0.3, -0.25) is 9.69 Å². The lowest BCUT2D eigenvalue weighted by atomic mass is 9.94. The molecule has 0 aromatic rings. The molecule has 0 bridgehead atoms. The van der Waals surface area contributed by atoms with E-state index >= 15 is 0 Å². The molecule has 1 atom stereocenters. The van der Waals surface area contributed by atoms with Crippen molar-refractivity contribution in [2.45, 2.75) is 57.6 Å². The normalized spacial score (nSPS) is 26.4. The van der Waals surface area contributed by atoms with Crippen molar-refractivity contribution in [1.29, 1.82) is 0 Å². The Bertz CT molecular complexity index is 277. The first-order valence-electron chi connectivity index (χ1n) is 7.40. The third kappa shape index (κ3) is 3.45. The third-order valence-electron chi connectivity index (χ3n) is 4.28. The molecule has 0 aromatic heterocycles. The Balaban J connectivity index is 1.84. The minimum atomic E-state index is -0.234. The fourth-order valence-electron chi connectivity index (χ4n) is 3.27. The molecule has 104 valence electrons. The molecule has 2 fully saturated rings. The largest absolute Gasteiger partial charge is 0.392 e. The predicted octanol–water partition coefficient (Wildman–Crippen LogP) is 1.23. The smallest absolute Gasteiger partial charge is 0.236 e. The Hall–Kier alpha value is -0.610. The first-order valence-corrected chi connectivity index (χ1v) is 7.40. The molecule has 1 saturated carbocycles. The maximum absolute atomic E-state index is 12.3. The zero-order valence-corrected chi connectivity index (χ0v) is 11.5. The van der Waals surface area contributed by atoms with Gasteiger partial charge >= 0.3 is 0 Å². The number of nitrogens with zero attached hydrogens (tertiary/aromatic N) is 2. The standard InChI is InChI=1S/C14H26N2O2/c1-2-16(12-6-4-3-5-7-12)14(18)11-15-9-8-13(17)10-15/h12-13,17H,2-11H2,1H3/t13-/m0/s1. The quantitative estimate of drug-likeness (QED) is 0.821. The number of rotatable bonds is 4. The highest BCUT2D eigenvalue weighted by molar-refractivity contribution is 5.78. The van der Waals surface area contributed by atoms with Gasteiger partial charge in [-0.25, -0.2) is 0 Å². The van der Waals surface area contributed by atoms with Crippen molar-refractivity contribution in [2.24, 2.45) is 0 Å². The highest BCUT2D eigenvalue weighted by Crippen LogP contribution is 2.23. The topological polar surface area (TPSA) is 43.8 Å². The molecule has 0 unspecified atom stereocenters. The Morgan fingerprint density at radius 1 is 1.28 bits per heavy atom. The average molecular weight is 254 g/mol. The van der Waals surface area contributed by atoms with Crippen LogP contribution in [0.4, 0.5) is 0 Å². The van der Waals surface area contributed by atoms with Crippen LogP contribution in [-0.4, -0.2) is 59.1 Å². The van der Waals surface area contributed by atoms with E-state index in [2.05, 4.69) is 16.7 Å². The Morgan fingerprint density at radius 3 is 2.56 bits per heavy atom. The molecule has 1 heterocycles. The first kappa shape index (κ1) is 13.8. The molecule has 1 aliphatic heterocycles. The Labute approximate surface area is 110 Å². The van der Waals surface area contributed by atoms with Crippen LogP contribution in [0.5, 0.6) is 0 Å². The number of carbonyl (C=O) groups excluding carboxylic acids is 1. The summed E-state index contributed by atoms with van der Waals surface area (Å²) in [6.45, 7) is 4.90. The van der Waals surface area contributed by atoms with Crippen LogP contribution in [0.25, 0.3) is 0 Å². The zero-order valence-electron chi connectivity index (χ0n) is 11.5. The van der Waals surface area contributed by atoms with E-state index in [0.717, 1.165) is 19.5 Å². The average Bonchev–Trinajstić information content (AvgIpc) is 2.77. The maximum atomic E-state index is 12.3. The van der Waals surface area contributed by atoms with E-state index in [1.165, 1.54) is 32.1 Å². The maximum Gasteiger partial charge on any atom is 0.236 e. The number of carbonyl (C=O) groups is 1. The fourth-order valence-corrected chi connectivity index (χ4v) is 3.27. The van der Waals surface area contributed by atoms with Crippen molar-refractivity contribution in [2.75, 3.05) is 26.2 Å². The van der Waals surface area contributed by atoms with Crippen LogP contribution < -0.4 is 0 Å². The second-order valence-corrected chi connectivity index (χ2v) is 5.65. The zero-order chi connectivity index (χ0) is 13.0. The summed E-state index contributed by atoms with van der Waals surface area (Å²) in [4.78, 5) is 16.5. The predicted molar refractivity (Wildman–Crippen MR) is 71.3 cm³/mol. The number of β-amino-alcohol motifs (C(OH)–C–C–N with tert-alkyl or cyclic N) is 1. The molecule has 4 nitrogen and oxygen atoms in total. The summed E-state index contributed by atoms with van der Waals surface area (Å²) in [6.07, 6.45) is 6.75. The lowest BCUT2D eigenvalue weighted by Crippen LogP contribution is -2.46. The molecule has 4 heteroatoms. The summed E-state index contributed by atoms with van der Waals surface area (Å²) in [5, 5.41) is 9.49. The minimum Gasteiger partial charge on any atom is -0.392 e. The van der Waals surface area contributed by atoms with Crippen molar-refractivity contribution in [3.63, 3.8) is 0 Å². The van der Waals surface area contributed by atoms with Crippen LogP contribution in [0.2, 0.25) is 0 Å². The van der Waals surface area contributed by atoms with E-state index in [4.69, 9.17) is 0 Å². The van der Waals surface area contributed by atoms with Gasteiger partial charge in [-0.1, -0.05) is 19.3 Å². The minimum absolute atomic E-state index is 0.234. The van der Waals surface area contributed by atoms with Crippen LogP contribution in [0.3, 0.4) is 0 Å². The molecule has 1 N–H and O–H groups in total. The number of hydrogen-bond acceptors (Lipinski definition) is 3. The summed E-state index contributed by atoms with van der Waals surface area (Å²) in [7, 11) is 0. The Kier molecular flexibility index (Phi) is 5.01. The molecule has 18 heavy (non-hydrogen) atoms. The summed E-state index contributed by atoms with van der Waals surface area (Å²) < 4.78 is 0. The number of hydrogen-bond donors (Lipinski definition) is 1. The number of likely N-dealkylation sites (N-methyl/N-ethyl adjacent to an activating group) is 1. The van der Waals surface area contributed by atoms with Crippen LogP contribution in [0.1, 0.15) is 45.4 Å². The van der Waals surface area contributed by atoms with Crippen molar-refractivity contribution in [3.8, 4) is 0 Å². The van der Waals surface area contributed by atoms with Gasteiger partial charge in [-0.05, 0) is 26.2 Å². The third-order valence-corrected chi connectivity index (χ3v) is 4.28. The molecule has 1 saturated heterocycles. The molecule has 2 aliphatic rings. The highest BCUT2D eigenvalue weighted by atomic mass is 16.3. The van der Waals surface area contributed by atoms with Gasteiger partial charge in [0.1, 0.15) is 0 Å². The number of aliphatic hydroxyl groups excluding tert-OH is 1. The summed E-state index contributed by atoms with van der Waals surface area (Å²) >= 11 is 0. The summed E-state index contributed by atoms with van der Waals surface area (Å²) in [5.74, 6) is 0.249. The highest BCUT2D eigenvalue weighted by Gasteiger charge is 2.27. The van der Waals surface area contributed by atoms with Crippen LogP contribution in [0, 0.1) is 0 Å². The number of aliphatic hydroxyl groups is 1. The van der Waals surface area contributed by atoms with Crippen LogP contribution in [-0.2, 0) is 4.79 Å². The van der Waals surface area contributed by atoms with Gasteiger partial charge in [-0.2, -0.15) is 0 Å². The van der Waals surface area contributed by atoms with E-state index in [9.17, 15) is 9.90 Å². The second kappa shape index (κ2) is 6.53. The molecular formula is C14H26N2O2. The lowest BCUT2D eigenvalue weighted by molar-refractivity contribution is -0.135. The van der Waals surface area contributed by atoms with E-state index in [-0.39, 0.29) is 12.0 Å². The van der Waals surface area contributed by atoms with Crippen molar-refractivity contribution >= 4 is 5.91 Å². The van der Waals surface area contributed by atoms with E-state index < -0.39 is 0 Å². The van der Waals surface area contributed by atoms with Gasteiger partial charge in [0, 0.05) is 25.7 Å². The summed E-state index contributed by atoms with van der Waals surface area (Å²) in [5.41, 5.74) is 0. The molecule has 0 spiro atoms. The van der Waals surface area contributed by atoms with E-state index in [1.807, 2.05) is 0 Å². The molecule has 2 rings (SSSR count). The van der Waals surface area contributed by atoms with Crippen molar-refractivity contribution in [1.82, 2.24) is 9.80 Å². The van der Waals surface area contributed by atoms with Gasteiger partial charge in [0.05, 0.1) is 12.6 Å². The molecular weight excluding hydrogens is 228 g/mol. The van der Waals surface area contributed by atoms with Gasteiger partial charge in [0.2, 0.25) is 5.91 Å². The van der Waals surface area contributed by atoms with Crippen molar-refractivity contribution in [3.05, 3.63) is 0 Å². The van der Waals surface area contributed by atoms with Gasteiger partial charge in [-0.15, -0.1) is 0 Å². The van der Waals surface area contributed by atoms with E-state index in [1.54, 1.807) is 0 Å². The van der Waals surface area contributed by atoms with Crippen LogP contribution in [0.15, 0.2) is 0 Å². The van der Waals surface area contributed by atoms with Crippen molar-refractivity contribution < 1.29 is 9.90 Å².